The van der Waals surface area contributed by atoms with E-state index in [0.29, 0.717) is 23.1 Å². The maximum atomic E-state index is 12.3. The van der Waals surface area contributed by atoms with E-state index >= 15 is 0 Å². The van der Waals surface area contributed by atoms with Gasteiger partial charge in [-0.2, -0.15) is 0 Å². The minimum Gasteiger partial charge on any atom is -0.467 e. The van der Waals surface area contributed by atoms with Crippen LogP contribution in [0.15, 0.2) is 34.9 Å². The second-order valence-corrected chi connectivity index (χ2v) is 7.07. The number of piperidine rings is 1. The molecule has 2 aliphatic heterocycles. The summed E-state index contributed by atoms with van der Waals surface area (Å²) in [7, 11) is 0. The Morgan fingerprint density at radius 1 is 1.27 bits per heavy atom. The van der Waals surface area contributed by atoms with E-state index in [1.54, 1.807) is 6.26 Å². The quantitative estimate of drug-likeness (QED) is 0.868. The Balaban J connectivity index is 1.27. The summed E-state index contributed by atoms with van der Waals surface area (Å²) in [6.07, 6.45) is 3.31. The van der Waals surface area contributed by atoms with Crippen molar-refractivity contribution in [1.82, 2.24) is 10.2 Å². The molecule has 0 radical (unpaired) electrons. The van der Waals surface area contributed by atoms with Gasteiger partial charge in [0.1, 0.15) is 5.76 Å². The zero-order valence-corrected chi connectivity index (χ0v) is 15.1. The lowest BCUT2D eigenvalue weighted by Gasteiger charge is -2.31. The van der Waals surface area contributed by atoms with Crippen LogP contribution in [-0.2, 0) is 17.9 Å². The predicted molar refractivity (Wildman–Crippen MR) is 96.1 cm³/mol. The number of rotatable bonds is 5. The minimum absolute atomic E-state index is 0.0570. The third kappa shape index (κ3) is 3.81. The number of amides is 1. The molecule has 7 heteroatoms. The van der Waals surface area contributed by atoms with E-state index in [-0.39, 0.29) is 18.6 Å². The summed E-state index contributed by atoms with van der Waals surface area (Å²) in [5, 5.41) is 3.54. The number of furan rings is 1. The van der Waals surface area contributed by atoms with E-state index < -0.39 is 0 Å². The van der Waals surface area contributed by atoms with Crippen molar-refractivity contribution in [1.29, 1.82) is 0 Å². The first kappa shape index (κ1) is 17.2. The highest BCUT2D eigenvalue weighted by Gasteiger charge is 2.26. The molecule has 2 aromatic rings. The van der Waals surface area contributed by atoms with Crippen LogP contribution >= 0.6 is 11.6 Å². The van der Waals surface area contributed by atoms with Gasteiger partial charge in [-0.1, -0.05) is 11.6 Å². The summed E-state index contributed by atoms with van der Waals surface area (Å²) >= 11 is 6.25. The zero-order chi connectivity index (χ0) is 17.9. The molecule has 1 amide bonds. The lowest BCUT2D eigenvalue weighted by atomic mass is 9.95. The van der Waals surface area contributed by atoms with Crippen LogP contribution in [0.3, 0.4) is 0 Å². The Bertz CT molecular complexity index is 770. The molecule has 1 aromatic carbocycles. The smallest absolute Gasteiger partial charge is 0.231 e. The maximum absolute atomic E-state index is 12.3. The fraction of sp³-hybridized carbons (Fsp3) is 0.421. The molecule has 0 unspecified atom stereocenters. The van der Waals surface area contributed by atoms with Crippen LogP contribution in [-0.4, -0.2) is 30.7 Å². The molecule has 26 heavy (non-hydrogen) atoms. The average Bonchev–Trinajstić information content (AvgIpc) is 3.32. The molecule has 1 aromatic heterocycles. The molecule has 0 saturated carbocycles. The first-order valence-corrected chi connectivity index (χ1v) is 9.17. The first-order chi connectivity index (χ1) is 12.7. The lowest BCUT2D eigenvalue weighted by Crippen LogP contribution is -2.40. The molecular weight excluding hydrogens is 356 g/mol. The standard InChI is InChI=1S/C19H21ClN2O4/c20-16-8-13(9-17-18(16)26-12-25-17)11-22-5-3-14(4-6-22)19(23)21-10-15-2-1-7-24-15/h1-2,7-9,14H,3-6,10-12H2,(H,21,23). The number of halogens is 1. The molecule has 0 aliphatic carbocycles. The summed E-state index contributed by atoms with van der Waals surface area (Å²) in [5.74, 6) is 2.27. The number of ether oxygens (including phenoxy) is 2. The van der Waals surface area contributed by atoms with Crippen molar-refractivity contribution in [3.8, 4) is 11.5 Å². The van der Waals surface area contributed by atoms with Crippen molar-refractivity contribution < 1.29 is 18.7 Å². The molecule has 6 nitrogen and oxygen atoms in total. The molecule has 3 heterocycles. The SMILES string of the molecule is O=C(NCc1ccco1)C1CCN(Cc2cc(Cl)c3c(c2)OCO3)CC1. The van der Waals surface area contributed by atoms with Crippen LogP contribution in [0.2, 0.25) is 5.02 Å². The van der Waals surface area contributed by atoms with Crippen LogP contribution in [0.25, 0.3) is 0 Å². The molecule has 1 fully saturated rings. The summed E-state index contributed by atoms with van der Waals surface area (Å²) in [5.41, 5.74) is 1.10. The van der Waals surface area contributed by atoms with Gasteiger partial charge in [0.05, 0.1) is 17.8 Å². The van der Waals surface area contributed by atoms with Gasteiger partial charge in [0.15, 0.2) is 11.5 Å². The van der Waals surface area contributed by atoms with Crippen LogP contribution in [0.4, 0.5) is 0 Å². The molecule has 1 N–H and O–H groups in total. The van der Waals surface area contributed by atoms with Gasteiger partial charge in [0, 0.05) is 12.5 Å². The molecule has 0 bridgehead atoms. The minimum atomic E-state index is 0.0570. The second-order valence-electron chi connectivity index (χ2n) is 6.66. The fourth-order valence-corrected chi connectivity index (χ4v) is 3.74. The van der Waals surface area contributed by atoms with Crippen LogP contribution in [0, 0.1) is 5.92 Å². The topological polar surface area (TPSA) is 63.9 Å². The molecule has 1 saturated heterocycles. The highest BCUT2D eigenvalue weighted by Crippen LogP contribution is 2.40. The number of carbonyl (C=O) groups is 1. The van der Waals surface area contributed by atoms with Crippen molar-refractivity contribution in [3.05, 3.63) is 46.9 Å². The van der Waals surface area contributed by atoms with E-state index in [9.17, 15) is 4.79 Å². The average molecular weight is 377 g/mol. The van der Waals surface area contributed by atoms with Crippen molar-refractivity contribution in [2.45, 2.75) is 25.9 Å². The van der Waals surface area contributed by atoms with Gasteiger partial charge in [-0.05, 0) is 55.8 Å². The van der Waals surface area contributed by atoms with Crippen LogP contribution in [0.5, 0.6) is 11.5 Å². The highest BCUT2D eigenvalue weighted by atomic mass is 35.5. The number of hydrogen-bond donors (Lipinski definition) is 1. The molecular formula is C19H21ClN2O4. The van der Waals surface area contributed by atoms with Gasteiger partial charge >= 0.3 is 0 Å². The van der Waals surface area contributed by atoms with Crippen molar-refractivity contribution in [3.63, 3.8) is 0 Å². The molecule has 0 atom stereocenters. The van der Waals surface area contributed by atoms with Gasteiger partial charge in [0.25, 0.3) is 0 Å². The molecule has 2 aliphatic rings. The maximum Gasteiger partial charge on any atom is 0.231 e. The van der Waals surface area contributed by atoms with Crippen LogP contribution < -0.4 is 14.8 Å². The Morgan fingerprint density at radius 3 is 2.88 bits per heavy atom. The number of fused-ring (bicyclic) bond motifs is 1. The van der Waals surface area contributed by atoms with E-state index in [1.807, 2.05) is 24.3 Å². The van der Waals surface area contributed by atoms with Crippen molar-refractivity contribution in [2.24, 2.45) is 5.92 Å². The number of nitrogens with zero attached hydrogens (tertiary/aromatic N) is 1. The third-order valence-corrected chi connectivity index (χ3v) is 5.15. The zero-order valence-electron chi connectivity index (χ0n) is 14.4. The van der Waals surface area contributed by atoms with Gasteiger partial charge < -0.3 is 19.2 Å². The van der Waals surface area contributed by atoms with Crippen molar-refractivity contribution in [2.75, 3.05) is 19.9 Å². The van der Waals surface area contributed by atoms with Gasteiger partial charge in [-0.15, -0.1) is 0 Å². The Labute approximate surface area is 157 Å². The van der Waals surface area contributed by atoms with Gasteiger partial charge in [-0.3, -0.25) is 9.69 Å². The lowest BCUT2D eigenvalue weighted by molar-refractivity contribution is -0.126. The largest absolute Gasteiger partial charge is 0.467 e. The van der Waals surface area contributed by atoms with Crippen LogP contribution in [0.1, 0.15) is 24.2 Å². The Hall–Kier alpha value is -2.18. The van der Waals surface area contributed by atoms with E-state index in [0.717, 1.165) is 43.8 Å². The summed E-state index contributed by atoms with van der Waals surface area (Å²) in [4.78, 5) is 14.6. The first-order valence-electron chi connectivity index (χ1n) is 8.79. The second kappa shape index (κ2) is 7.60. The number of carbonyl (C=O) groups excluding carboxylic acids is 1. The number of likely N-dealkylation sites (tertiary alicyclic amines) is 1. The third-order valence-electron chi connectivity index (χ3n) is 4.87. The monoisotopic (exact) mass is 376 g/mol. The van der Waals surface area contributed by atoms with E-state index in [1.165, 1.54) is 0 Å². The van der Waals surface area contributed by atoms with E-state index in [2.05, 4.69) is 10.2 Å². The summed E-state index contributed by atoms with van der Waals surface area (Å²) in [6, 6.07) is 7.59. The number of nitrogens with one attached hydrogen (secondary N) is 1. The highest BCUT2D eigenvalue weighted by molar-refractivity contribution is 6.32. The molecule has 138 valence electrons. The summed E-state index contributed by atoms with van der Waals surface area (Å²) in [6.45, 7) is 3.21. The van der Waals surface area contributed by atoms with Crippen molar-refractivity contribution >= 4 is 17.5 Å². The van der Waals surface area contributed by atoms with E-state index in [4.69, 9.17) is 25.5 Å². The molecule has 4 rings (SSSR count). The predicted octanol–water partition coefficient (Wildman–Crippen LogP) is 3.19. The summed E-state index contributed by atoms with van der Waals surface area (Å²) < 4.78 is 16.0. The Kier molecular flexibility index (Phi) is 5.04. The van der Waals surface area contributed by atoms with Gasteiger partial charge in [-0.25, -0.2) is 0 Å². The normalized spacial score (nSPS) is 17.4. The molecule has 0 spiro atoms. The fourth-order valence-electron chi connectivity index (χ4n) is 3.46. The number of benzene rings is 1. The Morgan fingerprint density at radius 2 is 2.12 bits per heavy atom. The number of hydrogen-bond acceptors (Lipinski definition) is 5. The van der Waals surface area contributed by atoms with Gasteiger partial charge in [0.2, 0.25) is 12.7 Å².